The lowest BCUT2D eigenvalue weighted by Gasteiger charge is -2.18. The third-order valence-electron chi connectivity index (χ3n) is 5.23. The number of benzene rings is 1. The molecule has 1 aromatic carbocycles. The molecule has 0 bridgehead atoms. The van der Waals surface area contributed by atoms with Crippen molar-refractivity contribution in [2.24, 2.45) is 4.40 Å². The highest BCUT2D eigenvalue weighted by atomic mass is 32.2. The topological polar surface area (TPSA) is 189 Å². The quantitative estimate of drug-likeness (QED) is 0.282. The maximum atomic E-state index is 13.1. The molecule has 0 fully saturated rings. The number of anilines is 2. The Morgan fingerprint density at radius 3 is 2.61 bits per heavy atom. The van der Waals surface area contributed by atoms with Gasteiger partial charge in [-0.3, -0.25) is 4.79 Å². The highest BCUT2D eigenvalue weighted by molar-refractivity contribution is 7.92. The Morgan fingerprint density at radius 2 is 1.95 bits per heavy atom. The number of sulfonamides is 2. The number of amidine groups is 1. The molecule has 0 saturated heterocycles. The van der Waals surface area contributed by atoms with Crippen LogP contribution in [0.3, 0.4) is 0 Å². The van der Waals surface area contributed by atoms with Crippen molar-refractivity contribution in [2.75, 3.05) is 10.6 Å². The third kappa shape index (κ3) is 4.57. The van der Waals surface area contributed by atoms with Crippen LogP contribution in [-0.2, 0) is 20.0 Å². The molecule has 1 aliphatic rings. The predicted molar refractivity (Wildman–Crippen MR) is 137 cm³/mol. The summed E-state index contributed by atoms with van der Waals surface area (Å²) in [5.74, 6) is -0.509. The van der Waals surface area contributed by atoms with E-state index in [9.17, 15) is 35.9 Å². The number of nitrogens with zero attached hydrogens (tertiary/aromatic N) is 3. The fourth-order valence-corrected chi connectivity index (χ4v) is 6.74. The summed E-state index contributed by atoms with van der Waals surface area (Å²) in [7, 11) is -8.33. The molecule has 17 heteroatoms. The summed E-state index contributed by atoms with van der Waals surface area (Å²) in [4.78, 5) is 28.8. The molecule has 0 spiro atoms. The molecule has 3 aromatic heterocycles. The first-order valence-corrected chi connectivity index (χ1v) is 14.1. The first-order chi connectivity index (χ1) is 17.8. The van der Waals surface area contributed by atoms with E-state index in [0.29, 0.717) is 11.3 Å². The monoisotopic (exact) mass is 578 g/mol. The number of hydrogen-bond acceptors (Lipinski definition) is 10. The van der Waals surface area contributed by atoms with E-state index in [0.717, 1.165) is 22.9 Å². The third-order valence-corrected chi connectivity index (χ3v) is 9.33. The molecule has 196 valence electrons. The minimum atomic E-state index is -4.30. The van der Waals surface area contributed by atoms with Crippen LogP contribution in [0.4, 0.5) is 20.6 Å². The van der Waals surface area contributed by atoms with E-state index in [1.54, 1.807) is 4.72 Å². The molecular weight excluding hydrogens is 563 g/mol. The van der Waals surface area contributed by atoms with Crippen molar-refractivity contribution in [3.05, 3.63) is 64.1 Å². The number of pyridine rings is 2. The molecule has 5 rings (SSSR count). The number of fused-ring (bicyclic) bond motifs is 2. The molecule has 0 atom stereocenters. The van der Waals surface area contributed by atoms with Gasteiger partial charge in [0.2, 0.25) is 5.88 Å². The van der Waals surface area contributed by atoms with Gasteiger partial charge in [0, 0.05) is 11.5 Å². The van der Waals surface area contributed by atoms with Crippen LogP contribution in [0.15, 0.2) is 67.0 Å². The first kappa shape index (κ1) is 25.3. The highest BCUT2D eigenvalue weighted by Crippen LogP contribution is 2.35. The van der Waals surface area contributed by atoms with Gasteiger partial charge in [-0.05, 0) is 48.7 Å². The van der Waals surface area contributed by atoms with Gasteiger partial charge in [-0.25, -0.2) is 27.5 Å². The summed E-state index contributed by atoms with van der Waals surface area (Å²) < 4.78 is 68.1. The van der Waals surface area contributed by atoms with Crippen LogP contribution in [0.2, 0.25) is 0 Å². The molecule has 0 radical (unpaired) electrons. The Labute approximate surface area is 217 Å². The average molecular weight is 579 g/mol. The van der Waals surface area contributed by atoms with E-state index >= 15 is 0 Å². The second-order valence-electron chi connectivity index (χ2n) is 7.88. The molecule has 4 N–H and O–H groups in total. The molecule has 1 aliphatic heterocycles. The number of carbonyl (C=O) groups is 1. The number of urea groups is 1. The summed E-state index contributed by atoms with van der Waals surface area (Å²) >= 11 is 0.345. The zero-order chi connectivity index (χ0) is 27.4. The number of thiophene rings is 1. The zero-order valence-electron chi connectivity index (χ0n) is 19.0. The zero-order valence-corrected chi connectivity index (χ0v) is 21.4. The smallest absolute Gasteiger partial charge is 0.333 e. The maximum absolute atomic E-state index is 13.1. The molecule has 0 unspecified atom stereocenters. The van der Waals surface area contributed by atoms with Gasteiger partial charge in [-0.15, -0.1) is 4.40 Å². The lowest BCUT2D eigenvalue weighted by molar-refractivity contribution is 0.256. The molecule has 2 amide bonds. The van der Waals surface area contributed by atoms with Crippen molar-refractivity contribution in [3.63, 3.8) is 0 Å². The number of halogens is 1. The Hall–Kier alpha value is -4.35. The van der Waals surface area contributed by atoms with Gasteiger partial charge in [0.25, 0.3) is 25.6 Å². The molecule has 0 aliphatic carbocycles. The number of aromatic hydroxyl groups is 1. The fraction of sp³-hybridized carbons (Fsp3) is 0.0476. The largest absolute Gasteiger partial charge is 0.494 e. The van der Waals surface area contributed by atoms with E-state index in [4.69, 9.17) is 0 Å². The summed E-state index contributed by atoms with van der Waals surface area (Å²) in [6.45, 7) is 1.47. The van der Waals surface area contributed by atoms with Crippen molar-refractivity contribution in [3.8, 4) is 11.7 Å². The van der Waals surface area contributed by atoms with Crippen molar-refractivity contribution < 1.29 is 31.1 Å². The molecule has 4 aromatic rings. The number of amides is 2. The number of nitrogens with one attached hydrogen (secondary N) is 3. The van der Waals surface area contributed by atoms with Gasteiger partial charge in [0.1, 0.15) is 20.8 Å². The van der Waals surface area contributed by atoms with Gasteiger partial charge in [-0.2, -0.15) is 12.8 Å². The summed E-state index contributed by atoms with van der Waals surface area (Å²) in [6.07, 6.45) is 1.10. The van der Waals surface area contributed by atoms with Crippen LogP contribution in [-0.4, -0.2) is 43.4 Å². The van der Waals surface area contributed by atoms with Crippen LogP contribution in [0.5, 0.6) is 5.88 Å². The van der Waals surface area contributed by atoms with E-state index < -0.39 is 46.9 Å². The fourth-order valence-electron chi connectivity index (χ4n) is 3.68. The highest BCUT2D eigenvalue weighted by Gasteiger charge is 2.26. The Kier molecular flexibility index (Phi) is 5.92. The van der Waals surface area contributed by atoms with Gasteiger partial charge in [0.15, 0.2) is 5.13 Å². The first-order valence-electron chi connectivity index (χ1n) is 10.4. The van der Waals surface area contributed by atoms with E-state index in [-0.39, 0.29) is 38.7 Å². The number of aromatic nitrogens is 2. The Bertz CT molecular complexity index is 1950. The SMILES string of the molecule is CC1=NS(=O)(=O)c2cc3c(O)n(-c4ccc(NC(=O)NS(=O)(=O)c5ccc(F)s5)cn4)c(=O)cc3cc2N1. The van der Waals surface area contributed by atoms with Crippen molar-refractivity contribution in [1.82, 2.24) is 14.3 Å². The van der Waals surface area contributed by atoms with Gasteiger partial charge in [0.05, 0.1) is 17.6 Å². The summed E-state index contributed by atoms with van der Waals surface area (Å²) in [6, 6.07) is 7.14. The van der Waals surface area contributed by atoms with E-state index in [1.807, 2.05) is 0 Å². The van der Waals surface area contributed by atoms with Crippen LogP contribution in [0.25, 0.3) is 16.6 Å². The molecule has 38 heavy (non-hydrogen) atoms. The number of rotatable bonds is 4. The number of carbonyl (C=O) groups excluding carboxylic acids is 1. The average Bonchev–Trinajstić information content (AvgIpc) is 3.26. The predicted octanol–water partition coefficient (Wildman–Crippen LogP) is 2.33. The minimum Gasteiger partial charge on any atom is -0.494 e. The normalized spacial score (nSPS) is 14.3. The van der Waals surface area contributed by atoms with Gasteiger partial charge in [-0.1, -0.05) is 11.3 Å². The Balaban J connectivity index is 1.43. The Morgan fingerprint density at radius 1 is 1.18 bits per heavy atom. The van der Waals surface area contributed by atoms with Crippen LogP contribution in [0, 0.1) is 5.13 Å². The molecule has 4 heterocycles. The number of hydrogen-bond donors (Lipinski definition) is 4. The second kappa shape index (κ2) is 8.89. The minimum absolute atomic E-state index is 0.0339. The lowest BCUT2D eigenvalue weighted by atomic mass is 10.1. The van der Waals surface area contributed by atoms with Crippen LogP contribution >= 0.6 is 11.3 Å². The van der Waals surface area contributed by atoms with Gasteiger partial charge >= 0.3 is 6.03 Å². The van der Waals surface area contributed by atoms with Crippen LogP contribution in [0.1, 0.15) is 6.92 Å². The maximum Gasteiger partial charge on any atom is 0.333 e. The lowest BCUT2D eigenvalue weighted by Crippen LogP contribution is -2.34. The molecule has 0 saturated carbocycles. The second-order valence-corrected chi connectivity index (χ2v) is 12.4. The summed E-state index contributed by atoms with van der Waals surface area (Å²) in [5.41, 5.74) is -0.439. The van der Waals surface area contributed by atoms with Crippen molar-refractivity contribution in [1.29, 1.82) is 0 Å². The standard InChI is InChI=1S/C21H15FN6O7S3/c1-10-24-14-6-11-7-18(29)28(20(30)13(11)8-15(14)37(32,33)26-10)17-4-2-12(9-23-17)25-21(31)27-38(34,35)19-5-3-16(22)36-19/h2-9,30H,1H3,(H,24,26)(H2,25,27,31). The van der Waals surface area contributed by atoms with Gasteiger partial charge < -0.3 is 15.7 Å². The molecule has 13 nitrogen and oxygen atoms in total. The summed E-state index contributed by atoms with van der Waals surface area (Å²) in [5, 5.41) is 15.5. The van der Waals surface area contributed by atoms with Crippen LogP contribution < -0.4 is 20.9 Å². The van der Waals surface area contributed by atoms with Crippen molar-refractivity contribution in [2.45, 2.75) is 16.0 Å². The van der Waals surface area contributed by atoms with Crippen molar-refractivity contribution >= 4 is 65.4 Å². The van der Waals surface area contributed by atoms with E-state index in [1.165, 1.54) is 37.3 Å². The molecular formula is C21H15FN6O7S3. The van der Waals surface area contributed by atoms with E-state index in [2.05, 4.69) is 20.0 Å².